The molecule has 0 spiro atoms. The number of fused-ring (bicyclic) bond motifs is 1. The number of imidazole rings is 1. The number of H-pyrrole nitrogens is 1. The molecule has 0 radical (unpaired) electrons. The Morgan fingerprint density at radius 2 is 1.95 bits per heavy atom. The number of carbonyl (C=O) groups excluding carboxylic acids is 3. The number of nitrogens with zero attached hydrogens (tertiary/aromatic N) is 1. The summed E-state index contributed by atoms with van der Waals surface area (Å²) < 4.78 is 39.4. The van der Waals surface area contributed by atoms with Gasteiger partial charge in [-0.1, -0.05) is 37.7 Å². The van der Waals surface area contributed by atoms with E-state index >= 15 is 0 Å². The van der Waals surface area contributed by atoms with Crippen LogP contribution in [0.5, 0.6) is 0 Å². The number of carbonyl (C=O) groups is 3. The molecule has 1 aliphatic heterocycles. The van der Waals surface area contributed by atoms with Gasteiger partial charge in [0, 0.05) is 12.5 Å². The molecule has 13 nitrogen and oxygen atoms in total. The number of alkyl carbamates (subject to hydrolysis) is 1. The molecule has 1 unspecified atom stereocenters. The number of amides is 3. The maximum Gasteiger partial charge on any atom is 1.00 e. The van der Waals surface area contributed by atoms with E-state index in [0.717, 1.165) is 11.0 Å². The molecule has 2 aromatic rings. The second-order valence-corrected chi connectivity index (χ2v) is 14.0. The number of nitrogens with one attached hydrogen (secondary N) is 4. The largest absolute Gasteiger partial charge is 1.00 e. The molecule has 1 aromatic carbocycles. The maximum atomic E-state index is 13.1. The van der Waals surface area contributed by atoms with Crippen molar-refractivity contribution in [2.75, 3.05) is 13.2 Å². The van der Waals surface area contributed by atoms with Crippen LogP contribution in [0.25, 0.3) is 11.0 Å². The Hall–Kier alpha value is -1.88. The van der Waals surface area contributed by atoms with Gasteiger partial charge in [-0.3, -0.25) is 9.59 Å². The first-order valence-corrected chi connectivity index (χ1v) is 15.2. The van der Waals surface area contributed by atoms with Crippen molar-refractivity contribution in [3.63, 3.8) is 0 Å². The first kappa shape index (κ1) is 35.3. The summed E-state index contributed by atoms with van der Waals surface area (Å²) in [4.78, 5) is 45.5. The van der Waals surface area contributed by atoms with Crippen LogP contribution in [0.2, 0.25) is 0 Å². The minimum absolute atomic E-state index is 0. The number of ether oxygens (including phenoxy) is 1. The summed E-state index contributed by atoms with van der Waals surface area (Å²) >= 11 is 1.38. The Morgan fingerprint density at radius 1 is 1.27 bits per heavy atom. The molecule has 3 amide bonds. The quantitative estimate of drug-likeness (QED) is 0.0990. The van der Waals surface area contributed by atoms with Gasteiger partial charge < -0.3 is 35.3 Å². The van der Waals surface area contributed by atoms with Crippen LogP contribution in [0.1, 0.15) is 47.0 Å². The van der Waals surface area contributed by atoms with Crippen LogP contribution in [0.15, 0.2) is 29.4 Å². The predicted molar refractivity (Wildman–Crippen MR) is 147 cm³/mol. The number of aromatic amines is 1. The normalized spacial score (nSPS) is 17.8. The molecule has 1 fully saturated rings. The van der Waals surface area contributed by atoms with Crippen LogP contribution in [0.3, 0.4) is 0 Å². The average molecular weight is 622 g/mol. The van der Waals surface area contributed by atoms with Gasteiger partial charge in [-0.15, -0.1) is 0 Å². The molecular weight excluding hydrogens is 585 g/mol. The van der Waals surface area contributed by atoms with E-state index in [1.165, 1.54) is 11.8 Å². The molecule has 3 rings (SSSR count). The molecule has 1 saturated heterocycles. The Labute approximate surface area is 265 Å². The monoisotopic (exact) mass is 621 g/mol. The third kappa shape index (κ3) is 10.7. The van der Waals surface area contributed by atoms with Gasteiger partial charge in [0.15, 0.2) is 10.6 Å². The molecule has 1 aromatic heterocycles. The van der Waals surface area contributed by atoms with Crippen LogP contribution in [0.4, 0.5) is 4.79 Å². The number of aromatic nitrogens is 2. The Kier molecular flexibility index (Phi) is 12.9. The minimum atomic E-state index is -5.20. The number of rotatable bonds is 13. The fourth-order valence-electron chi connectivity index (χ4n) is 4.30. The van der Waals surface area contributed by atoms with Crippen LogP contribution >= 0.6 is 11.8 Å². The van der Waals surface area contributed by atoms with Gasteiger partial charge in [0.2, 0.25) is 11.8 Å². The van der Waals surface area contributed by atoms with Crippen molar-refractivity contribution in [1.29, 1.82) is 0 Å². The number of para-hydroxylation sites is 2. The number of hydrogen-bond donors (Lipinski definition) is 5. The number of aliphatic hydroxyl groups excluding tert-OH is 1. The van der Waals surface area contributed by atoms with E-state index in [1.54, 1.807) is 0 Å². The summed E-state index contributed by atoms with van der Waals surface area (Å²) in [6, 6.07) is 4.86. The van der Waals surface area contributed by atoms with Crippen molar-refractivity contribution in [3.8, 4) is 0 Å². The minimum Gasteiger partial charge on any atom is -0.746 e. The number of aliphatic hydroxyl groups is 1. The smallest absolute Gasteiger partial charge is 0.746 e. The molecule has 0 saturated carbocycles. The number of hydrogen-bond acceptors (Lipinski definition) is 10. The van der Waals surface area contributed by atoms with Crippen molar-refractivity contribution >= 4 is 50.8 Å². The Morgan fingerprint density at radius 3 is 2.54 bits per heavy atom. The van der Waals surface area contributed by atoms with Crippen LogP contribution in [-0.2, 0) is 24.4 Å². The van der Waals surface area contributed by atoms with E-state index in [4.69, 9.17) is 4.74 Å². The number of thioether (sulfide) groups is 1. The third-order valence-electron chi connectivity index (χ3n) is 6.28. The van der Waals surface area contributed by atoms with Crippen molar-refractivity contribution in [3.05, 3.63) is 24.3 Å². The van der Waals surface area contributed by atoms with Crippen LogP contribution in [0, 0.1) is 11.8 Å². The van der Waals surface area contributed by atoms with Gasteiger partial charge in [0.25, 0.3) is 0 Å². The van der Waals surface area contributed by atoms with E-state index < -0.39 is 50.3 Å². The maximum absolute atomic E-state index is 13.1. The second kappa shape index (κ2) is 15.0. The van der Waals surface area contributed by atoms with E-state index in [0.29, 0.717) is 18.1 Å². The van der Waals surface area contributed by atoms with Gasteiger partial charge in [-0.25, -0.2) is 18.2 Å². The van der Waals surface area contributed by atoms with E-state index in [1.807, 2.05) is 52.0 Å². The average Bonchev–Trinajstić information content (AvgIpc) is 3.45. The zero-order chi connectivity index (χ0) is 29.7. The molecular formula is C25H36N5NaO8S2. The zero-order valence-electron chi connectivity index (χ0n) is 23.8. The molecule has 1 aliphatic rings. The van der Waals surface area contributed by atoms with E-state index in [2.05, 4.69) is 25.9 Å². The molecule has 0 bridgehead atoms. The first-order chi connectivity index (χ1) is 18.6. The molecule has 222 valence electrons. The summed E-state index contributed by atoms with van der Waals surface area (Å²) in [5, 5.41) is 18.3. The second-order valence-electron chi connectivity index (χ2n) is 10.8. The zero-order valence-corrected chi connectivity index (χ0v) is 27.4. The van der Waals surface area contributed by atoms with Crippen molar-refractivity contribution in [1.82, 2.24) is 25.9 Å². The van der Waals surface area contributed by atoms with Crippen molar-refractivity contribution in [2.45, 2.75) is 74.4 Å². The summed E-state index contributed by atoms with van der Waals surface area (Å²) in [7, 11) is -5.20. The van der Waals surface area contributed by atoms with Crippen LogP contribution in [-0.4, -0.2) is 81.4 Å². The molecule has 5 N–H and O–H groups in total. The molecule has 4 atom stereocenters. The third-order valence-corrected chi connectivity index (χ3v) is 8.25. The molecule has 2 heterocycles. The van der Waals surface area contributed by atoms with Gasteiger partial charge in [-0.2, -0.15) is 0 Å². The molecule has 41 heavy (non-hydrogen) atoms. The number of benzene rings is 1. The van der Waals surface area contributed by atoms with Gasteiger partial charge in [0.05, 0.1) is 21.8 Å². The SMILES string of the molecule is CC(C)C[C@H](NC(=O)OCC(C)(C)Sc1nc2ccccc2[nH]1)C(=O)N[C@@H](C[C@@H]1CCNC1=O)C(O)S(=O)(=O)[O-].[Na+]. The summed E-state index contributed by atoms with van der Waals surface area (Å²) in [5.74, 6) is -1.93. The predicted octanol–water partition coefficient (Wildman–Crippen LogP) is -1.55. The van der Waals surface area contributed by atoms with E-state index in [-0.39, 0.29) is 60.8 Å². The molecule has 16 heteroatoms. The van der Waals surface area contributed by atoms with Crippen molar-refractivity contribution < 1.29 is 66.8 Å². The summed E-state index contributed by atoms with van der Waals surface area (Å²) in [6.45, 7) is 7.70. The first-order valence-electron chi connectivity index (χ1n) is 12.9. The van der Waals surface area contributed by atoms with E-state index in [9.17, 15) is 32.5 Å². The Balaban J connectivity index is 0.00000588. The van der Waals surface area contributed by atoms with Gasteiger partial charge in [0.1, 0.15) is 22.8 Å². The Bertz CT molecular complexity index is 1290. The standard InChI is InChI=1S/C25H37N5O8S2.Na/c1-14(2)11-18(21(32)27-19(22(33)40(35,36)37)12-15-9-10-26-20(15)31)30-24(34)38-13-25(3,4)39-23-28-16-7-5-6-8-17(16)29-23;/h5-8,14-15,18-19,22,33H,9-13H2,1-4H3,(H,26,31)(H,27,32)(H,28,29)(H,30,34)(H,35,36,37);/q;+1/p-1/t15-,18-,19-,22?;/m0./s1. The summed E-state index contributed by atoms with van der Waals surface area (Å²) in [6.07, 6.45) is -0.609. The van der Waals surface area contributed by atoms with Crippen LogP contribution < -0.4 is 45.5 Å². The van der Waals surface area contributed by atoms with Gasteiger partial charge in [-0.05, 0) is 51.2 Å². The van der Waals surface area contributed by atoms with Gasteiger partial charge >= 0.3 is 35.7 Å². The van der Waals surface area contributed by atoms with Crippen molar-refractivity contribution in [2.24, 2.45) is 11.8 Å². The summed E-state index contributed by atoms with van der Waals surface area (Å²) in [5.41, 5.74) is -0.778. The fraction of sp³-hybridized carbons (Fsp3) is 0.600. The fourth-order valence-corrected chi connectivity index (χ4v) is 5.83. The topological polar surface area (TPSA) is 203 Å². The molecule has 0 aliphatic carbocycles.